The van der Waals surface area contributed by atoms with Crippen LogP contribution < -0.4 is 0 Å². The van der Waals surface area contributed by atoms with Crippen molar-refractivity contribution in [3.63, 3.8) is 0 Å². The van der Waals surface area contributed by atoms with Gasteiger partial charge in [0.05, 0.1) is 16.7 Å². The van der Waals surface area contributed by atoms with Gasteiger partial charge in [0, 0.05) is 55.4 Å². The van der Waals surface area contributed by atoms with Gasteiger partial charge in [-0.05, 0) is 54.4 Å². The molecule has 11 rings (SSSR count). The number of benzene rings is 7. The van der Waals surface area contributed by atoms with E-state index in [-0.39, 0.29) is 0 Å². The molecule has 0 N–H and O–H groups in total. The van der Waals surface area contributed by atoms with E-state index in [1.807, 2.05) is 42.5 Å². The SMILES string of the molecule is C1=C(c2cc(-c3ccccc3)c3oc4cc5c(cc4c3c2)oc2ccccc25)N=C(c2ccccc2)N=C(n2c3ccccc3c3ccccc32)CC1. The molecule has 0 saturated heterocycles. The maximum atomic E-state index is 6.75. The predicted molar refractivity (Wildman–Crippen MR) is 219 cm³/mol. The summed E-state index contributed by atoms with van der Waals surface area (Å²) in [5.41, 5.74) is 10.6. The quantitative estimate of drug-likeness (QED) is 0.186. The van der Waals surface area contributed by atoms with Gasteiger partial charge < -0.3 is 8.83 Å². The smallest absolute Gasteiger partial charge is 0.161 e. The molecule has 0 bridgehead atoms. The van der Waals surface area contributed by atoms with Gasteiger partial charge in [0.15, 0.2) is 5.84 Å². The molecule has 0 saturated carbocycles. The fraction of sp³-hybridized carbons (Fsp3) is 0.0417. The Kier molecular flexibility index (Phi) is 6.61. The monoisotopic (exact) mass is 681 g/mol. The summed E-state index contributed by atoms with van der Waals surface area (Å²) >= 11 is 0. The first-order valence-electron chi connectivity index (χ1n) is 18.0. The van der Waals surface area contributed by atoms with Crippen LogP contribution in [0.3, 0.4) is 0 Å². The fourth-order valence-corrected chi connectivity index (χ4v) is 8.04. The van der Waals surface area contributed by atoms with Crippen LogP contribution in [0.5, 0.6) is 0 Å². The van der Waals surface area contributed by atoms with Crippen LogP contribution in [0, 0.1) is 0 Å². The molecule has 0 unspecified atom stereocenters. The number of fused-ring (bicyclic) bond motifs is 9. The van der Waals surface area contributed by atoms with Crippen molar-refractivity contribution < 1.29 is 8.83 Å². The highest BCUT2D eigenvalue weighted by Gasteiger charge is 2.21. The maximum absolute atomic E-state index is 6.75. The molecule has 10 aromatic rings. The number of amidine groups is 1. The topological polar surface area (TPSA) is 55.9 Å². The van der Waals surface area contributed by atoms with Crippen molar-refractivity contribution in [2.75, 3.05) is 0 Å². The fourth-order valence-electron chi connectivity index (χ4n) is 8.04. The normalized spacial score (nSPS) is 13.8. The molecule has 4 heterocycles. The van der Waals surface area contributed by atoms with E-state index in [1.54, 1.807) is 0 Å². The van der Waals surface area contributed by atoms with Gasteiger partial charge in [-0.25, -0.2) is 9.98 Å². The van der Waals surface area contributed by atoms with Crippen LogP contribution in [0.1, 0.15) is 24.0 Å². The number of rotatable bonds is 3. The van der Waals surface area contributed by atoms with E-state index in [9.17, 15) is 0 Å². The summed E-state index contributed by atoms with van der Waals surface area (Å²) in [6.45, 7) is 0. The number of hydrogen-bond acceptors (Lipinski definition) is 4. The zero-order valence-electron chi connectivity index (χ0n) is 28.7. The Hall–Kier alpha value is -6.98. The Morgan fingerprint density at radius 3 is 1.79 bits per heavy atom. The minimum absolute atomic E-state index is 0.677. The first-order chi connectivity index (χ1) is 26.3. The van der Waals surface area contributed by atoms with E-state index < -0.39 is 0 Å². The van der Waals surface area contributed by atoms with E-state index in [0.29, 0.717) is 5.84 Å². The molecular formula is C48H31N3O2. The predicted octanol–water partition coefficient (Wildman–Crippen LogP) is 12.8. The van der Waals surface area contributed by atoms with Crippen LogP contribution in [0.2, 0.25) is 0 Å². The van der Waals surface area contributed by atoms with Gasteiger partial charge in [-0.15, -0.1) is 0 Å². The van der Waals surface area contributed by atoms with E-state index in [4.69, 9.17) is 18.8 Å². The average Bonchev–Trinajstić information content (AvgIpc) is 3.86. The molecule has 0 radical (unpaired) electrons. The van der Waals surface area contributed by atoms with Crippen LogP contribution in [-0.2, 0) is 0 Å². The third kappa shape index (κ3) is 4.78. The van der Waals surface area contributed by atoms with Crippen molar-refractivity contribution in [2.45, 2.75) is 12.8 Å². The molecule has 5 heteroatoms. The van der Waals surface area contributed by atoms with Crippen LogP contribution in [-0.4, -0.2) is 16.2 Å². The lowest BCUT2D eigenvalue weighted by Gasteiger charge is -2.16. The molecule has 7 aromatic carbocycles. The third-order valence-electron chi connectivity index (χ3n) is 10.5. The second-order valence-electron chi connectivity index (χ2n) is 13.6. The lowest BCUT2D eigenvalue weighted by atomic mass is 9.97. The third-order valence-corrected chi connectivity index (χ3v) is 10.5. The molecule has 0 aliphatic carbocycles. The summed E-state index contributed by atoms with van der Waals surface area (Å²) in [5, 5.41) is 6.60. The summed E-state index contributed by atoms with van der Waals surface area (Å²) in [7, 11) is 0. The molecule has 1 aliphatic rings. The number of nitrogens with zero attached hydrogens (tertiary/aromatic N) is 3. The Balaban J connectivity index is 1.14. The van der Waals surface area contributed by atoms with E-state index in [2.05, 4.69) is 126 Å². The summed E-state index contributed by atoms with van der Waals surface area (Å²) < 4.78 is 15.4. The van der Waals surface area contributed by atoms with E-state index >= 15 is 0 Å². The van der Waals surface area contributed by atoms with Crippen LogP contribution in [0.4, 0.5) is 0 Å². The van der Waals surface area contributed by atoms with Crippen molar-refractivity contribution in [2.24, 2.45) is 9.98 Å². The summed E-state index contributed by atoms with van der Waals surface area (Å²) in [6.07, 6.45) is 3.77. The number of aromatic nitrogens is 1. The van der Waals surface area contributed by atoms with E-state index in [0.717, 1.165) is 102 Å². The maximum Gasteiger partial charge on any atom is 0.161 e. The van der Waals surface area contributed by atoms with Gasteiger partial charge >= 0.3 is 0 Å². The Morgan fingerprint density at radius 2 is 1.06 bits per heavy atom. The summed E-state index contributed by atoms with van der Waals surface area (Å²) in [4.78, 5) is 10.8. The highest BCUT2D eigenvalue weighted by molar-refractivity contribution is 6.19. The molecule has 0 atom stereocenters. The van der Waals surface area contributed by atoms with Crippen molar-refractivity contribution >= 4 is 83.1 Å². The second-order valence-corrected chi connectivity index (χ2v) is 13.6. The van der Waals surface area contributed by atoms with Gasteiger partial charge in [-0.2, -0.15) is 0 Å². The molecule has 1 aliphatic heterocycles. The molecular weight excluding hydrogens is 651 g/mol. The van der Waals surface area contributed by atoms with Gasteiger partial charge in [-0.3, -0.25) is 4.57 Å². The molecule has 5 nitrogen and oxygen atoms in total. The minimum atomic E-state index is 0.677. The highest BCUT2D eigenvalue weighted by Crippen LogP contribution is 2.42. The molecule has 0 fully saturated rings. The number of allylic oxidation sites excluding steroid dienone is 1. The first-order valence-corrected chi connectivity index (χ1v) is 18.0. The average molecular weight is 682 g/mol. The molecule has 0 spiro atoms. The summed E-state index contributed by atoms with van der Waals surface area (Å²) in [6, 6.07) is 54.8. The van der Waals surface area contributed by atoms with Gasteiger partial charge in [-0.1, -0.05) is 121 Å². The number of para-hydroxylation sites is 3. The molecule has 53 heavy (non-hydrogen) atoms. The minimum Gasteiger partial charge on any atom is -0.456 e. The van der Waals surface area contributed by atoms with Crippen LogP contribution in [0.25, 0.3) is 82.5 Å². The lowest BCUT2D eigenvalue weighted by molar-refractivity contribution is 0.664. The Morgan fingerprint density at radius 1 is 0.453 bits per heavy atom. The molecule has 3 aromatic heterocycles. The zero-order valence-corrected chi connectivity index (χ0v) is 28.7. The summed E-state index contributed by atoms with van der Waals surface area (Å²) in [5.74, 6) is 1.65. The van der Waals surface area contributed by atoms with Crippen molar-refractivity contribution in [3.8, 4) is 11.1 Å². The number of furan rings is 2. The van der Waals surface area contributed by atoms with Crippen molar-refractivity contribution in [1.29, 1.82) is 0 Å². The largest absolute Gasteiger partial charge is 0.456 e. The van der Waals surface area contributed by atoms with Crippen molar-refractivity contribution in [1.82, 2.24) is 4.57 Å². The second kappa shape index (κ2) is 11.8. The Bertz CT molecular complexity index is 3100. The van der Waals surface area contributed by atoms with Crippen LogP contribution >= 0.6 is 0 Å². The van der Waals surface area contributed by atoms with Crippen molar-refractivity contribution in [3.05, 3.63) is 175 Å². The molecule has 250 valence electrons. The van der Waals surface area contributed by atoms with Gasteiger partial charge in [0.25, 0.3) is 0 Å². The highest BCUT2D eigenvalue weighted by atomic mass is 16.3. The van der Waals surface area contributed by atoms with Gasteiger partial charge in [0.1, 0.15) is 28.2 Å². The van der Waals surface area contributed by atoms with Gasteiger partial charge in [0.2, 0.25) is 0 Å². The molecule has 0 amide bonds. The first kappa shape index (κ1) is 29.7. The lowest BCUT2D eigenvalue weighted by Crippen LogP contribution is -2.16. The standard InChI is InChI=1S/C48H31N3O2/c1-3-14-30(15-4-1)36-26-32(27-39-38-29-44-37(28-45(38)53-47(36)39)35-20-9-12-24-43(35)52-44)40-21-13-25-46(50-48(49-40)31-16-5-2-6-17-31)51-41-22-10-7-18-33(41)34-19-8-11-23-42(34)51/h1-12,14-24,26-29H,13,25H2. The number of hydrogen-bond donors (Lipinski definition) is 0. The zero-order chi connectivity index (χ0) is 34.9. The Labute approximate surface area is 304 Å². The number of aliphatic imine (C=N–C) groups is 2. The van der Waals surface area contributed by atoms with Crippen LogP contribution in [0.15, 0.2) is 183 Å². The van der Waals surface area contributed by atoms with E-state index in [1.165, 1.54) is 10.8 Å².